The maximum absolute atomic E-state index is 6.28. The van der Waals surface area contributed by atoms with Gasteiger partial charge in [-0.05, 0) is 61.7 Å². The first-order valence-electron chi connectivity index (χ1n) is 12.2. The SMILES string of the molecule is CC1CCN(Cc2cc(Oc3cnc(N4CCNCC4)nc3)nc(-c3cc(Cl)cc(Cl)c3)c2)CC1. The van der Waals surface area contributed by atoms with E-state index in [-0.39, 0.29) is 0 Å². The van der Waals surface area contributed by atoms with Gasteiger partial charge >= 0.3 is 0 Å². The zero-order valence-corrected chi connectivity index (χ0v) is 21.4. The predicted octanol–water partition coefficient (Wildman–Crippen LogP) is 5.28. The molecular weight excluding hydrogens is 483 g/mol. The van der Waals surface area contributed by atoms with Gasteiger partial charge < -0.3 is 15.0 Å². The molecule has 2 fully saturated rings. The van der Waals surface area contributed by atoms with Gasteiger partial charge in [-0.15, -0.1) is 0 Å². The molecule has 0 aliphatic carbocycles. The first-order chi connectivity index (χ1) is 17.0. The van der Waals surface area contributed by atoms with Crippen molar-refractivity contribution in [3.63, 3.8) is 0 Å². The summed E-state index contributed by atoms with van der Waals surface area (Å²) < 4.78 is 6.14. The van der Waals surface area contributed by atoms with Crippen LogP contribution in [0.2, 0.25) is 10.0 Å². The Morgan fingerprint density at radius 3 is 2.31 bits per heavy atom. The Balaban J connectivity index is 1.40. The Morgan fingerprint density at radius 1 is 0.943 bits per heavy atom. The standard InChI is InChI=1S/C26H30Cl2N6O/c1-18-2-6-33(7-3-18)17-19-10-24(20-12-21(27)14-22(28)13-20)32-25(11-19)35-23-15-30-26(31-16-23)34-8-4-29-5-9-34/h10-16,18,29H,2-9,17H2,1H3. The number of piperidine rings is 1. The molecule has 0 spiro atoms. The second-order valence-electron chi connectivity index (χ2n) is 9.37. The minimum Gasteiger partial charge on any atom is -0.436 e. The lowest BCUT2D eigenvalue weighted by Crippen LogP contribution is -2.44. The monoisotopic (exact) mass is 512 g/mol. The van der Waals surface area contributed by atoms with Crippen molar-refractivity contribution < 1.29 is 4.74 Å². The van der Waals surface area contributed by atoms with Crippen LogP contribution in [0.15, 0.2) is 42.7 Å². The van der Waals surface area contributed by atoms with E-state index in [2.05, 4.69) is 38.1 Å². The van der Waals surface area contributed by atoms with Crippen LogP contribution in [-0.2, 0) is 6.54 Å². The Morgan fingerprint density at radius 2 is 1.63 bits per heavy atom. The summed E-state index contributed by atoms with van der Waals surface area (Å²) in [5.74, 6) is 2.55. The summed E-state index contributed by atoms with van der Waals surface area (Å²) in [7, 11) is 0. The van der Waals surface area contributed by atoms with Crippen molar-refractivity contribution in [1.29, 1.82) is 0 Å². The molecule has 7 nitrogen and oxygen atoms in total. The Labute approximate surface area is 216 Å². The molecule has 2 aliphatic rings. The third-order valence-electron chi connectivity index (χ3n) is 6.54. The van der Waals surface area contributed by atoms with Gasteiger partial charge in [-0.25, -0.2) is 15.0 Å². The molecule has 3 aromatic rings. The number of aromatic nitrogens is 3. The number of rotatable bonds is 6. The van der Waals surface area contributed by atoms with Crippen molar-refractivity contribution in [3.05, 3.63) is 58.3 Å². The molecule has 2 aromatic heterocycles. The Kier molecular flexibility index (Phi) is 7.68. The molecule has 0 bridgehead atoms. The van der Waals surface area contributed by atoms with Crippen molar-refractivity contribution in [1.82, 2.24) is 25.2 Å². The molecule has 9 heteroatoms. The molecule has 0 unspecified atom stereocenters. The molecule has 0 atom stereocenters. The number of benzene rings is 1. The van der Waals surface area contributed by atoms with Gasteiger partial charge in [0.05, 0.1) is 18.1 Å². The van der Waals surface area contributed by atoms with Crippen molar-refractivity contribution >= 4 is 29.2 Å². The molecule has 0 radical (unpaired) electrons. The molecular formula is C26H30Cl2N6O. The van der Waals surface area contributed by atoms with Crippen LogP contribution < -0.4 is 15.0 Å². The normalized spacial score (nSPS) is 17.5. The lowest BCUT2D eigenvalue weighted by molar-refractivity contribution is 0.185. The minimum atomic E-state index is 0.498. The van der Waals surface area contributed by atoms with Gasteiger partial charge in [0.2, 0.25) is 11.8 Å². The summed E-state index contributed by atoms with van der Waals surface area (Å²) >= 11 is 12.6. The highest BCUT2D eigenvalue weighted by Gasteiger charge is 2.18. The number of hydrogen-bond donors (Lipinski definition) is 1. The van der Waals surface area contributed by atoms with Gasteiger partial charge in [0.1, 0.15) is 0 Å². The fourth-order valence-electron chi connectivity index (χ4n) is 4.54. The topological polar surface area (TPSA) is 66.4 Å². The average molecular weight is 513 g/mol. The van der Waals surface area contributed by atoms with Gasteiger partial charge in [-0.2, -0.15) is 0 Å². The Hall–Kier alpha value is -2.45. The van der Waals surface area contributed by atoms with Gasteiger partial charge in [-0.3, -0.25) is 4.90 Å². The Bertz CT molecular complexity index is 1120. The predicted molar refractivity (Wildman–Crippen MR) is 141 cm³/mol. The largest absolute Gasteiger partial charge is 0.436 e. The van der Waals surface area contributed by atoms with Gasteiger partial charge in [0.15, 0.2) is 5.75 Å². The summed E-state index contributed by atoms with van der Waals surface area (Å²) in [6.07, 6.45) is 5.87. The molecule has 1 N–H and O–H groups in total. The number of hydrogen-bond acceptors (Lipinski definition) is 7. The number of anilines is 1. The van der Waals surface area contributed by atoms with Gasteiger partial charge in [0, 0.05) is 54.4 Å². The average Bonchev–Trinajstić information content (AvgIpc) is 2.86. The van der Waals surface area contributed by atoms with E-state index in [0.29, 0.717) is 27.6 Å². The zero-order valence-electron chi connectivity index (χ0n) is 19.9. The fraction of sp³-hybridized carbons (Fsp3) is 0.423. The van der Waals surface area contributed by atoms with Crippen LogP contribution in [0.5, 0.6) is 11.6 Å². The first kappa shape index (κ1) is 24.3. The van der Waals surface area contributed by atoms with E-state index in [1.54, 1.807) is 18.5 Å². The maximum atomic E-state index is 6.28. The molecule has 184 valence electrons. The number of halogens is 2. The molecule has 35 heavy (non-hydrogen) atoms. The lowest BCUT2D eigenvalue weighted by Gasteiger charge is -2.30. The molecule has 1 aromatic carbocycles. The first-order valence-corrected chi connectivity index (χ1v) is 12.9. The summed E-state index contributed by atoms with van der Waals surface area (Å²) in [6, 6.07) is 9.56. The smallest absolute Gasteiger partial charge is 0.225 e. The molecule has 0 amide bonds. The van der Waals surface area contributed by atoms with Crippen LogP contribution in [0.4, 0.5) is 5.95 Å². The number of nitrogens with zero attached hydrogens (tertiary/aromatic N) is 5. The van der Waals surface area contributed by atoms with Gasteiger partial charge in [0.25, 0.3) is 0 Å². The van der Waals surface area contributed by atoms with Crippen LogP contribution in [0, 0.1) is 5.92 Å². The highest BCUT2D eigenvalue weighted by Crippen LogP contribution is 2.30. The van der Waals surface area contributed by atoms with Crippen molar-refractivity contribution in [2.45, 2.75) is 26.3 Å². The van der Waals surface area contributed by atoms with Gasteiger partial charge in [-0.1, -0.05) is 30.1 Å². The number of likely N-dealkylation sites (tertiary alicyclic amines) is 1. The number of ether oxygens (including phenoxy) is 1. The summed E-state index contributed by atoms with van der Waals surface area (Å²) in [5, 5.41) is 4.49. The summed E-state index contributed by atoms with van der Waals surface area (Å²) in [6.45, 7) is 9.01. The number of piperazine rings is 1. The second kappa shape index (κ2) is 11.1. The minimum absolute atomic E-state index is 0.498. The fourth-order valence-corrected chi connectivity index (χ4v) is 5.07. The number of nitrogens with one attached hydrogen (secondary N) is 1. The van der Waals surface area contributed by atoms with Crippen molar-refractivity contribution in [3.8, 4) is 22.9 Å². The van der Waals surface area contributed by atoms with Crippen LogP contribution in [0.3, 0.4) is 0 Å². The van der Waals surface area contributed by atoms with E-state index < -0.39 is 0 Å². The van der Waals surface area contributed by atoms with E-state index in [1.807, 2.05) is 18.2 Å². The third-order valence-corrected chi connectivity index (χ3v) is 6.98. The van der Waals surface area contributed by atoms with Crippen molar-refractivity contribution in [2.24, 2.45) is 5.92 Å². The molecule has 2 saturated heterocycles. The highest BCUT2D eigenvalue weighted by atomic mass is 35.5. The van der Waals surface area contributed by atoms with E-state index in [1.165, 1.54) is 12.8 Å². The van der Waals surface area contributed by atoms with E-state index in [0.717, 1.165) is 68.6 Å². The number of pyridine rings is 1. The molecule has 4 heterocycles. The van der Waals surface area contributed by atoms with Crippen LogP contribution in [0.1, 0.15) is 25.3 Å². The maximum Gasteiger partial charge on any atom is 0.225 e. The van der Waals surface area contributed by atoms with Crippen LogP contribution >= 0.6 is 23.2 Å². The molecule has 5 rings (SSSR count). The molecule has 2 aliphatic heterocycles. The lowest BCUT2D eigenvalue weighted by atomic mass is 9.99. The zero-order chi connectivity index (χ0) is 24.2. The van der Waals surface area contributed by atoms with Crippen molar-refractivity contribution in [2.75, 3.05) is 44.2 Å². The van der Waals surface area contributed by atoms with E-state index in [4.69, 9.17) is 32.9 Å². The second-order valence-corrected chi connectivity index (χ2v) is 10.2. The van der Waals surface area contributed by atoms with E-state index in [9.17, 15) is 0 Å². The quantitative estimate of drug-likeness (QED) is 0.481. The van der Waals surface area contributed by atoms with E-state index >= 15 is 0 Å². The highest BCUT2D eigenvalue weighted by molar-refractivity contribution is 6.35. The molecule has 0 saturated carbocycles. The summed E-state index contributed by atoms with van der Waals surface area (Å²) in [4.78, 5) is 18.5. The van der Waals surface area contributed by atoms with Crippen LogP contribution in [-0.4, -0.2) is 59.1 Å². The summed E-state index contributed by atoms with van der Waals surface area (Å²) in [5.41, 5.74) is 2.76. The third kappa shape index (κ3) is 6.41. The van der Waals surface area contributed by atoms with Crippen LogP contribution in [0.25, 0.3) is 11.3 Å².